The highest BCUT2D eigenvalue weighted by molar-refractivity contribution is 9.10. The van der Waals surface area contributed by atoms with E-state index in [-0.39, 0.29) is 17.2 Å². The van der Waals surface area contributed by atoms with E-state index in [1.807, 2.05) is 0 Å². The number of halogens is 2. The first-order chi connectivity index (χ1) is 8.66. The summed E-state index contributed by atoms with van der Waals surface area (Å²) >= 11 is 3.25. The van der Waals surface area contributed by atoms with Gasteiger partial charge in [0.1, 0.15) is 22.4 Å². The lowest BCUT2D eigenvalue weighted by Crippen LogP contribution is -2.47. The zero-order valence-corrected chi connectivity index (χ0v) is 12.9. The second-order valence-corrected chi connectivity index (χ2v) is 8.12. The normalized spacial score (nSPS) is 29.9. The fourth-order valence-corrected chi connectivity index (χ4v) is 4.19. The summed E-state index contributed by atoms with van der Waals surface area (Å²) in [6.45, 7) is 3.07. The molecule has 2 rings (SSSR count). The van der Waals surface area contributed by atoms with E-state index < -0.39 is 26.4 Å². The van der Waals surface area contributed by atoms with Crippen molar-refractivity contribution < 1.29 is 12.8 Å². The smallest absolute Gasteiger partial charge is 0.162 e. The minimum atomic E-state index is -3.43. The van der Waals surface area contributed by atoms with Crippen LogP contribution in [0.5, 0.6) is 0 Å². The topological polar surface area (TPSA) is 72.5 Å². The summed E-state index contributed by atoms with van der Waals surface area (Å²) in [5, 5.41) is -0.823. The largest absolute Gasteiger partial charge is 0.386 e. The summed E-state index contributed by atoms with van der Waals surface area (Å²) in [6.07, 6.45) is 0. The van der Waals surface area contributed by atoms with Crippen LogP contribution in [0.1, 0.15) is 19.4 Å². The molecular formula is C12H14BrFN2O2S. The second-order valence-electron chi connectivity index (χ2n) is 4.88. The molecular weight excluding hydrogens is 335 g/mol. The molecule has 1 unspecified atom stereocenters. The Labute approximate surface area is 120 Å². The molecule has 1 aromatic rings. The van der Waals surface area contributed by atoms with Crippen molar-refractivity contribution >= 4 is 31.6 Å². The molecule has 2 atom stereocenters. The Morgan fingerprint density at radius 1 is 1.53 bits per heavy atom. The number of aliphatic imine (C=N–C) groups is 1. The van der Waals surface area contributed by atoms with Crippen molar-refractivity contribution in [2.75, 3.05) is 5.75 Å². The third kappa shape index (κ3) is 2.53. The van der Waals surface area contributed by atoms with Crippen molar-refractivity contribution in [3.63, 3.8) is 0 Å². The van der Waals surface area contributed by atoms with Gasteiger partial charge in [0.25, 0.3) is 0 Å². The lowest BCUT2D eigenvalue weighted by molar-refractivity contribution is 0.485. The molecule has 0 amide bonds. The number of benzene rings is 1. The number of sulfone groups is 1. The lowest BCUT2D eigenvalue weighted by atomic mass is 9.94. The molecule has 2 N–H and O–H groups in total. The molecule has 4 nitrogen and oxygen atoms in total. The molecule has 1 heterocycles. The molecule has 0 fully saturated rings. The van der Waals surface area contributed by atoms with Crippen LogP contribution in [0.3, 0.4) is 0 Å². The van der Waals surface area contributed by atoms with Crippen molar-refractivity contribution in [3.8, 4) is 0 Å². The van der Waals surface area contributed by atoms with E-state index in [4.69, 9.17) is 5.73 Å². The summed E-state index contributed by atoms with van der Waals surface area (Å²) in [6, 6.07) is 4.37. The van der Waals surface area contributed by atoms with Crippen molar-refractivity contribution in [1.82, 2.24) is 0 Å². The van der Waals surface area contributed by atoms with Crippen LogP contribution in [0, 0.1) is 5.82 Å². The van der Waals surface area contributed by atoms with Gasteiger partial charge in [-0.25, -0.2) is 12.8 Å². The van der Waals surface area contributed by atoms with Crippen LogP contribution in [0.25, 0.3) is 0 Å². The van der Waals surface area contributed by atoms with Crippen LogP contribution in [0.2, 0.25) is 0 Å². The Bertz CT molecular complexity index is 660. The fraction of sp³-hybridized carbons (Fsp3) is 0.417. The van der Waals surface area contributed by atoms with E-state index in [0.717, 1.165) is 0 Å². The Morgan fingerprint density at radius 2 is 2.16 bits per heavy atom. The molecule has 0 aliphatic carbocycles. The third-order valence-electron chi connectivity index (χ3n) is 3.32. The van der Waals surface area contributed by atoms with Gasteiger partial charge in [-0.2, -0.15) is 0 Å². The first-order valence-corrected chi connectivity index (χ1v) is 8.19. The third-order valence-corrected chi connectivity index (χ3v) is 6.10. The monoisotopic (exact) mass is 348 g/mol. The molecule has 0 aromatic heterocycles. The van der Waals surface area contributed by atoms with Gasteiger partial charge in [0, 0.05) is 10.0 Å². The van der Waals surface area contributed by atoms with Crippen LogP contribution in [-0.2, 0) is 15.4 Å². The van der Waals surface area contributed by atoms with Crippen molar-refractivity contribution in [2.45, 2.75) is 24.6 Å². The highest BCUT2D eigenvalue weighted by Gasteiger charge is 2.42. The molecule has 1 aromatic carbocycles. The summed E-state index contributed by atoms with van der Waals surface area (Å²) in [7, 11) is -3.43. The standard InChI is InChI=1S/C12H14BrFN2O2S/c1-7-11(15)16-12(2,6-19(7,17)18)9-5-8(13)3-4-10(9)14/h3-5,7H,6H2,1-2H3,(H2,15,16)/t7?,12-/m0/s1. The molecule has 0 saturated heterocycles. The molecule has 1 aliphatic heterocycles. The van der Waals surface area contributed by atoms with Gasteiger partial charge in [-0.3, -0.25) is 4.99 Å². The molecule has 0 bridgehead atoms. The first-order valence-electron chi connectivity index (χ1n) is 5.68. The van der Waals surface area contributed by atoms with E-state index >= 15 is 0 Å². The molecule has 0 radical (unpaired) electrons. The van der Waals surface area contributed by atoms with Crippen LogP contribution >= 0.6 is 15.9 Å². The maximum Gasteiger partial charge on any atom is 0.162 e. The van der Waals surface area contributed by atoms with Crippen molar-refractivity contribution in [3.05, 3.63) is 34.1 Å². The maximum absolute atomic E-state index is 13.9. The van der Waals surface area contributed by atoms with Gasteiger partial charge in [-0.05, 0) is 32.0 Å². The molecule has 104 valence electrons. The Kier molecular flexibility index (Phi) is 3.47. The van der Waals surface area contributed by atoms with Gasteiger partial charge in [0.2, 0.25) is 0 Å². The quantitative estimate of drug-likeness (QED) is 0.843. The number of amidine groups is 1. The van der Waals surface area contributed by atoms with Gasteiger partial charge >= 0.3 is 0 Å². The molecule has 7 heteroatoms. The second kappa shape index (κ2) is 4.56. The number of hydrogen-bond acceptors (Lipinski definition) is 4. The van der Waals surface area contributed by atoms with Gasteiger partial charge in [-0.15, -0.1) is 0 Å². The minimum Gasteiger partial charge on any atom is -0.386 e. The maximum atomic E-state index is 13.9. The van der Waals surface area contributed by atoms with Crippen LogP contribution < -0.4 is 5.73 Å². The summed E-state index contributed by atoms with van der Waals surface area (Å²) in [5.74, 6) is -0.727. The SMILES string of the molecule is CC1C(N)=N[C@](C)(c2cc(Br)ccc2F)CS1(=O)=O. The van der Waals surface area contributed by atoms with Gasteiger partial charge in [0.05, 0.1) is 5.75 Å². The van der Waals surface area contributed by atoms with Crippen LogP contribution in [0.4, 0.5) is 4.39 Å². The van der Waals surface area contributed by atoms with E-state index in [1.165, 1.54) is 19.1 Å². The number of nitrogens with two attached hydrogens (primary N) is 1. The first kappa shape index (κ1) is 14.5. The highest BCUT2D eigenvalue weighted by Crippen LogP contribution is 2.35. The van der Waals surface area contributed by atoms with Gasteiger partial charge in [0.15, 0.2) is 9.84 Å². The predicted octanol–water partition coefficient (Wildman–Crippen LogP) is 1.98. The Balaban J connectivity index is 2.64. The molecule has 1 aliphatic rings. The number of hydrogen-bond donors (Lipinski definition) is 1. The summed E-state index contributed by atoms with van der Waals surface area (Å²) < 4.78 is 38.8. The van der Waals surface area contributed by atoms with E-state index in [1.54, 1.807) is 13.0 Å². The summed E-state index contributed by atoms with van der Waals surface area (Å²) in [4.78, 5) is 4.22. The fourth-order valence-electron chi connectivity index (χ4n) is 2.16. The average molecular weight is 349 g/mol. The minimum absolute atomic E-state index is 0.0214. The zero-order valence-electron chi connectivity index (χ0n) is 10.5. The lowest BCUT2D eigenvalue weighted by Gasteiger charge is -2.33. The average Bonchev–Trinajstić information content (AvgIpc) is 2.28. The van der Waals surface area contributed by atoms with E-state index in [0.29, 0.717) is 4.47 Å². The Morgan fingerprint density at radius 3 is 2.74 bits per heavy atom. The van der Waals surface area contributed by atoms with Crippen LogP contribution in [-0.4, -0.2) is 25.3 Å². The molecule has 0 saturated carbocycles. The number of nitrogens with zero attached hydrogens (tertiary/aromatic N) is 1. The van der Waals surface area contributed by atoms with Crippen LogP contribution in [0.15, 0.2) is 27.7 Å². The Hall–Kier alpha value is -0.950. The molecule has 19 heavy (non-hydrogen) atoms. The zero-order chi connectivity index (χ0) is 14.4. The van der Waals surface area contributed by atoms with Crippen molar-refractivity contribution in [2.24, 2.45) is 10.7 Å². The van der Waals surface area contributed by atoms with Gasteiger partial charge < -0.3 is 5.73 Å². The van der Waals surface area contributed by atoms with Crippen molar-refractivity contribution in [1.29, 1.82) is 0 Å². The predicted molar refractivity (Wildman–Crippen MR) is 76.3 cm³/mol. The highest BCUT2D eigenvalue weighted by atomic mass is 79.9. The van der Waals surface area contributed by atoms with E-state index in [9.17, 15) is 12.8 Å². The number of rotatable bonds is 1. The van der Waals surface area contributed by atoms with E-state index in [2.05, 4.69) is 20.9 Å². The molecule has 0 spiro atoms. The summed E-state index contributed by atoms with van der Waals surface area (Å²) in [5.41, 5.74) is 4.72. The van der Waals surface area contributed by atoms with Gasteiger partial charge in [-0.1, -0.05) is 15.9 Å².